The van der Waals surface area contributed by atoms with Gasteiger partial charge >= 0.3 is 0 Å². The first kappa shape index (κ1) is 17.3. The van der Waals surface area contributed by atoms with Crippen LogP contribution in [0, 0.1) is 17.8 Å². The lowest BCUT2D eigenvalue weighted by Gasteiger charge is -2.52. The second-order valence-corrected chi connectivity index (χ2v) is 7.95. The van der Waals surface area contributed by atoms with Crippen LogP contribution in [0.15, 0.2) is 72.8 Å². The molecule has 2 bridgehead atoms. The van der Waals surface area contributed by atoms with Crippen molar-refractivity contribution in [2.75, 3.05) is 11.9 Å². The lowest BCUT2D eigenvalue weighted by molar-refractivity contribution is -0.122. The molecule has 1 saturated carbocycles. The summed E-state index contributed by atoms with van der Waals surface area (Å²) in [7, 11) is 0. The average Bonchev–Trinajstić information content (AvgIpc) is 2.75. The molecule has 0 spiro atoms. The molecule has 4 aliphatic rings. The van der Waals surface area contributed by atoms with E-state index in [1.165, 1.54) is 11.1 Å². The van der Waals surface area contributed by atoms with Crippen molar-refractivity contribution in [2.24, 2.45) is 17.8 Å². The molecule has 5 unspecified atom stereocenters. The van der Waals surface area contributed by atoms with Crippen molar-refractivity contribution in [3.63, 3.8) is 0 Å². The Morgan fingerprint density at radius 1 is 1.00 bits per heavy atom. The van der Waals surface area contributed by atoms with E-state index in [1.54, 1.807) is 0 Å². The summed E-state index contributed by atoms with van der Waals surface area (Å²) in [4.78, 5) is 13.4. The van der Waals surface area contributed by atoms with Crippen LogP contribution < -0.4 is 10.1 Å². The van der Waals surface area contributed by atoms with Crippen LogP contribution >= 0.6 is 0 Å². The molecule has 3 nitrogen and oxygen atoms in total. The van der Waals surface area contributed by atoms with Gasteiger partial charge in [-0.3, -0.25) is 4.79 Å². The van der Waals surface area contributed by atoms with Gasteiger partial charge in [-0.25, -0.2) is 0 Å². The Bertz CT molecular complexity index is 961. The number of carbonyl (C=O) groups is 1. The minimum Gasteiger partial charge on any atom is -0.492 e. The van der Waals surface area contributed by atoms with Crippen LogP contribution in [0.25, 0.3) is 0 Å². The molecule has 2 aromatic rings. The molecule has 0 aliphatic heterocycles. The molecule has 4 aliphatic carbocycles. The van der Waals surface area contributed by atoms with E-state index in [2.05, 4.69) is 53.9 Å². The van der Waals surface area contributed by atoms with Crippen molar-refractivity contribution in [3.05, 3.63) is 84.0 Å². The van der Waals surface area contributed by atoms with Gasteiger partial charge in [-0.05, 0) is 54.4 Å². The predicted octanol–water partition coefficient (Wildman–Crippen LogP) is 5.28. The zero-order valence-electron chi connectivity index (χ0n) is 16.0. The highest BCUT2D eigenvalue weighted by atomic mass is 16.5. The molecule has 6 rings (SSSR count). The third kappa shape index (κ3) is 2.69. The minimum atomic E-state index is -0.0213. The maximum atomic E-state index is 13.4. The summed E-state index contributed by atoms with van der Waals surface area (Å²) < 4.78 is 5.69. The topological polar surface area (TPSA) is 38.3 Å². The Morgan fingerprint density at radius 2 is 1.71 bits per heavy atom. The van der Waals surface area contributed by atoms with Gasteiger partial charge in [-0.15, -0.1) is 0 Å². The Morgan fingerprint density at radius 3 is 2.54 bits per heavy atom. The number of hydrogen-bond acceptors (Lipinski definition) is 2. The van der Waals surface area contributed by atoms with Crippen LogP contribution in [-0.2, 0) is 4.79 Å². The third-order valence-corrected chi connectivity index (χ3v) is 6.58. The van der Waals surface area contributed by atoms with E-state index in [0.29, 0.717) is 24.4 Å². The van der Waals surface area contributed by atoms with E-state index in [0.717, 1.165) is 17.9 Å². The second kappa shape index (κ2) is 6.97. The SMILES string of the molecule is CCOc1ccccc1NC(=O)C1CC2c3ccccc3C1C1C=CC=CC21. The molecule has 3 heteroatoms. The molecule has 5 atom stereocenters. The van der Waals surface area contributed by atoms with Gasteiger partial charge in [0.05, 0.1) is 12.3 Å². The summed E-state index contributed by atoms with van der Waals surface area (Å²) in [6, 6.07) is 16.4. The maximum Gasteiger partial charge on any atom is 0.228 e. The van der Waals surface area contributed by atoms with Crippen molar-refractivity contribution in [3.8, 4) is 5.75 Å². The first-order valence-electron chi connectivity index (χ1n) is 10.2. The highest BCUT2D eigenvalue weighted by molar-refractivity contribution is 5.95. The van der Waals surface area contributed by atoms with E-state index in [4.69, 9.17) is 4.74 Å². The Hall–Kier alpha value is -2.81. The molecule has 1 amide bonds. The number of fused-ring (bicyclic) bond motifs is 1. The zero-order valence-corrected chi connectivity index (χ0v) is 16.0. The number of carbonyl (C=O) groups excluding carboxylic acids is 1. The van der Waals surface area contributed by atoms with Gasteiger partial charge in [0, 0.05) is 11.8 Å². The normalized spacial score (nSPS) is 29.1. The van der Waals surface area contributed by atoms with Crippen LogP contribution in [0.1, 0.15) is 36.3 Å². The highest BCUT2D eigenvalue weighted by Gasteiger charge is 2.52. The van der Waals surface area contributed by atoms with Gasteiger partial charge in [0.15, 0.2) is 0 Å². The van der Waals surface area contributed by atoms with Gasteiger partial charge in [-0.1, -0.05) is 60.7 Å². The minimum absolute atomic E-state index is 0.0213. The second-order valence-electron chi connectivity index (χ2n) is 7.95. The average molecular weight is 371 g/mol. The number of rotatable bonds is 4. The van der Waals surface area contributed by atoms with Crippen molar-refractivity contribution in [2.45, 2.75) is 25.2 Å². The fourth-order valence-electron chi connectivity index (χ4n) is 5.51. The smallest absolute Gasteiger partial charge is 0.228 e. The van der Waals surface area contributed by atoms with E-state index in [9.17, 15) is 4.79 Å². The molecule has 2 aromatic carbocycles. The number of hydrogen-bond donors (Lipinski definition) is 1. The standard InChI is InChI=1S/C25H25NO2/c1-2-28-23-14-8-7-13-22(23)26-25(27)21-15-20-16-9-3-5-11-18(16)24(21)19-12-6-4-10-17(19)20/h3-14,16,18,20-21,24H,2,15H2,1H3,(H,26,27). The predicted molar refractivity (Wildman–Crippen MR) is 112 cm³/mol. The number of benzene rings is 2. The molecular formula is C25H25NO2. The first-order chi connectivity index (χ1) is 13.8. The first-order valence-corrected chi connectivity index (χ1v) is 10.2. The fraction of sp³-hybridized carbons (Fsp3) is 0.320. The van der Waals surface area contributed by atoms with Gasteiger partial charge < -0.3 is 10.1 Å². The van der Waals surface area contributed by atoms with Crippen molar-refractivity contribution < 1.29 is 9.53 Å². The van der Waals surface area contributed by atoms with Crippen molar-refractivity contribution >= 4 is 11.6 Å². The number of amides is 1. The quantitative estimate of drug-likeness (QED) is 0.794. The molecule has 0 heterocycles. The van der Waals surface area contributed by atoms with Crippen LogP contribution in [-0.4, -0.2) is 12.5 Å². The fourth-order valence-corrected chi connectivity index (χ4v) is 5.51. The number of nitrogens with one attached hydrogen (secondary N) is 1. The summed E-state index contributed by atoms with van der Waals surface area (Å²) in [5.74, 6) is 2.36. The summed E-state index contributed by atoms with van der Waals surface area (Å²) in [5, 5.41) is 3.17. The van der Waals surface area contributed by atoms with Gasteiger partial charge in [0.2, 0.25) is 5.91 Å². The van der Waals surface area contributed by atoms with E-state index >= 15 is 0 Å². The van der Waals surface area contributed by atoms with E-state index in [1.807, 2.05) is 31.2 Å². The largest absolute Gasteiger partial charge is 0.492 e. The molecule has 0 saturated heterocycles. The Kier molecular flexibility index (Phi) is 4.31. The zero-order chi connectivity index (χ0) is 19.1. The summed E-state index contributed by atoms with van der Waals surface area (Å²) in [6.45, 7) is 2.54. The van der Waals surface area contributed by atoms with Gasteiger partial charge in [0.1, 0.15) is 5.75 Å². The number of ether oxygens (including phenoxy) is 1. The third-order valence-electron chi connectivity index (χ3n) is 6.58. The number of allylic oxidation sites excluding steroid dienone is 4. The summed E-state index contributed by atoms with van der Waals surface area (Å²) in [5.41, 5.74) is 3.56. The highest BCUT2D eigenvalue weighted by Crippen LogP contribution is 2.59. The lowest BCUT2D eigenvalue weighted by atomic mass is 9.51. The van der Waals surface area contributed by atoms with Crippen molar-refractivity contribution in [1.82, 2.24) is 0 Å². The van der Waals surface area contributed by atoms with Crippen molar-refractivity contribution in [1.29, 1.82) is 0 Å². The molecule has 28 heavy (non-hydrogen) atoms. The molecule has 1 fully saturated rings. The summed E-state index contributed by atoms with van der Waals surface area (Å²) in [6.07, 6.45) is 9.87. The number of para-hydroxylation sites is 2. The van der Waals surface area contributed by atoms with Crippen LogP contribution in [0.2, 0.25) is 0 Å². The van der Waals surface area contributed by atoms with Crippen LogP contribution in [0.3, 0.4) is 0 Å². The van der Waals surface area contributed by atoms with E-state index in [-0.39, 0.29) is 17.7 Å². The van der Waals surface area contributed by atoms with Crippen LogP contribution in [0.5, 0.6) is 5.75 Å². The van der Waals surface area contributed by atoms with Gasteiger partial charge in [-0.2, -0.15) is 0 Å². The molecule has 142 valence electrons. The Balaban J connectivity index is 1.48. The lowest BCUT2D eigenvalue weighted by Crippen LogP contribution is -2.46. The van der Waals surface area contributed by atoms with Gasteiger partial charge in [0.25, 0.3) is 0 Å². The number of anilines is 1. The maximum absolute atomic E-state index is 13.4. The molecule has 1 N–H and O–H groups in total. The van der Waals surface area contributed by atoms with E-state index < -0.39 is 0 Å². The monoisotopic (exact) mass is 371 g/mol. The van der Waals surface area contributed by atoms with Crippen LogP contribution in [0.4, 0.5) is 5.69 Å². The molecule has 0 radical (unpaired) electrons. The summed E-state index contributed by atoms with van der Waals surface area (Å²) >= 11 is 0. The molecule has 0 aromatic heterocycles. The molecular weight excluding hydrogens is 346 g/mol. The Labute approximate surface area is 166 Å².